The van der Waals surface area contributed by atoms with Gasteiger partial charge in [0.05, 0.1) is 18.1 Å². The Kier molecular flexibility index (Phi) is 3.66. The van der Waals surface area contributed by atoms with E-state index in [1.807, 2.05) is 6.26 Å². The number of anilines is 1. The number of halogens is 1. The average molecular weight is 246 g/mol. The fourth-order valence-corrected chi connectivity index (χ4v) is 2.46. The van der Waals surface area contributed by atoms with Gasteiger partial charge in [-0.1, -0.05) is 11.6 Å². The quantitative estimate of drug-likeness (QED) is 0.586. The van der Waals surface area contributed by atoms with Crippen molar-refractivity contribution in [3.8, 4) is 0 Å². The van der Waals surface area contributed by atoms with Gasteiger partial charge in [0.25, 0.3) is 0 Å². The highest BCUT2D eigenvalue weighted by Gasteiger charge is 2.17. The van der Waals surface area contributed by atoms with Gasteiger partial charge in [-0.25, -0.2) is 9.97 Å². The highest BCUT2D eigenvalue weighted by Crippen LogP contribution is 2.31. The fraction of sp³-hybridized carbons (Fsp3) is 0.556. The Morgan fingerprint density at radius 3 is 2.80 bits per heavy atom. The number of nitrogens with zero attached hydrogens (tertiary/aromatic N) is 3. The zero-order valence-corrected chi connectivity index (χ0v) is 10.0. The average Bonchev–Trinajstić information content (AvgIpc) is 2.30. The first-order valence-electron chi connectivity index (χ1n) is 4.70. The second-order valence-corrected chi connectivity index (χ2v) is 4.30. The van der Waals surface area contributed by atoms with Crippen LogP contribution in [0.15, 0.2) is 11.2 Å². The Hall–Kier alpha value is -0.520. The molecule has 0 saturated carbocycles. The number of morpholine rings is 1. The minimum Gasteiger partial charge on any atom is -0.378 e. The van der Waals surface area contributed by atoms with E-state index in [9.17, 15) is 0 Å². The van der Waals surface area contributed by atoms with Gasteiger partial charge in [0.2, 0.25) is 0 Å². The summed E-state index contributed by atoms with van der Waals surface area (Å²) in [6.07, 6.45) is 3.49. The topological polar surface area (TPSA) is 38.2 Å². The number of aromatic nitrogens is 2. The third kappa shape index (κ3) is 2.35. The maximum atomic E-state index is 6.02. The molecule has 15 heavy (non-hydrogen) atoms. The molecule has 1 aromatic heterocycles. The van der Waals surface area contributed by atoms with Gasteiger partial charge in [-0.3, -0.25) is 0 Å². The molecule has 2 rings (SSSR count). The Balaban J connectivity index is 2.29. The van der Waals surface area contributed by atoms with Crippen LogP contribution >= 0.6 is 23.4 Å². The second kappa shape index (κ2) is 5.01. The van der Waals surface area contributed by atoms with Crippen LogP contribution in [0.3, 0.4) is 0 Å². The van der Waals surface area contributed by atoms with Crippen molar-refractivity contribution in [3.63, 3.8) is 0 Å². The lowest BCUT2D eigenvalue weighted by Crippen LogP contribution is -2.37. The molecule has 1 aliphatic rings. The Morgan fingerprint density at radius 2 is 2.13 bits per heavy atom. The molecule has 0 N–H and O–H groups in total. The molecule has 0 unspecified atom stereocenters. The molecular formula is C9H12ClN3OS. The van der Waals surface area contributed by atoms with Gasteiger partial charge < -0.3 is 9.64 Å². The monoisotopic (exact) mass is 245 g/mol. The number of thioether (sulfide) groups is 1. The van der Waals surface area contributed by atoms with Crippen molar-refractivity contribution < 1.29 is 4.74 Å². The molecule has 1 saturated heterocycles. The van der Waals surface area contributed by atoms with E-state index in [0.717, 1.165) is 37.0 Å². The van der Waals surface area contributed by atoms with Gasteiger partial charge in [-0.15, -0.1) is 11.8 Å². The van der Waals surface area contributed by atoms with Crippen LogP contribution in [-0.4, -0.2) is 42.5 Å². The van der Waals surface area contributed by atoms with Crippen LogP contribution in [0.4, 0.5) is 5.82 Å². The third-order valence-electron chi connectivity index (χ3n) is 2.26. The number of hydrogen-bond donors (Lipinski definition) is 0. The summed E-state index contributed by atoms with van der Waals surface area (Å²) >= 11 is 7.60. The van der Waals surface area contributed by atoms with Crippen molar-refractivity contribution in [3.05, 3.63) is 11.5 Å². The predicted molar refractivity (Wildman–Crippen MR) is 61.9 cm³/mol. The van der Waals surface area contributed by atoms with Crippen LogP contribution in [0.1, 0.15) is 0 Å². The zero-order valence-electron chi connectivity index (χ0n) is 8.44. The van der Waals surface area contributed by atoms with Crippen LogP contribution in [-0.2, 0) is 4.74 Å². The molecule has 4 nitrogen and oxygen atoms in total. The summed E-state index contributed by atoms with van der Waals surface area (Å²) in [6.45, 7) is 3.21. The summed E-state index contributed by atoms with van der Waals surface area (Å²) in [7, 11) is 0. The zero-order chi connectivity index (χ0) is 10.7. The molecule has 0 amide bonds. The minimum absolute atomic E-state index is 0.527. The molecule has 2 heterocycles. The van der Waals surface area contributed by atoms with E-state index in [2.05, 4.69) is 14.9 Å². The lowest BCUT2D eigenvalue weighted by atomic mass is 10.4. The Morgan fingerprint density at radius 1 is 1.40 bits per heavy atom. The van der Waals surface area contributed by atoms with E-state index >= 15 is 0 Å². The summed E-state index contributed by atoms with van der Waals surface area (Å²) in [5.41, 5.74) is 0. The van der Waals surface area contributed by atoms with Crippen molar-refractivity contribution in [2.45, 2.75) is 4.90 Å². The molecule has 0 aliphatic carbocycles. The normalized spacial score (nSPS) is 16.8. The van der Waals surface area contributed by atoms with E-state index in [1.165, 1.54) is 6.33 Å². The number of rotatable bonds is 2. The maximum Gasteiger partial charge on any atom is 0.148 e. The summed E-state index contributed by atoms with van der Waals surface area (Å²) < 4.78 is 5.30. The van der Waals surface area contributed by atoms with Crippen molar-refractivity contribution in [1.82, 2.24) is 9.97 Å². The van der Waals surface area contributed by atoms with Gasteiger partial charge in [0.15, 0.2) is 0 Å². The van der Waals surface area contributed by atoms with E-state index < -0.39 is 0 Å². The first kappa shape index (κ1) is 11.0. The summed E-state index contributed by atoms with van der Waals surface area (Å²) in [5.74, 6) is 0.922. The van der Waals surface area contributed by atoms with E-state index in [0.29, 0.717) is 5.15 Å². The summed E-state index contributed by atoms with van der Waals surface area (Å²) in [4.78, 5) is 11.4. The van der Waals surface area contributed by atoms with Crippen LogP contribution in [0.25, 0.3) is 0 Å². The molecule has 1 aliphatic heterocycles. The van der Waals surface area contributed by atoms with Crippen molar-refractivity contribution in [1.29, 1.82) is 0 Å². The van der Waals surface area contributed by atoms with E-state index in [1.54, 1.807) is 11.8 Å². The molecule has 6 heteroatoms. The summed E-state index contributed by atoms with van der Waals surface area (Å²) in [5, 5.41) is 0.527. The molecule has 0 atom stereocenters. The van der Waals surface area contributed by atoms with E-state index in [-0.39, 0.29) is 0 Å². The largest absolute Gasteiger partial charge is 0.378 e. The van der Waals surface area contributed by atoms with Crippen LogP contribution in [0, 0.1) is 0 Å². The molecule has 1 aromatic rings. The van der Waals surface area contributed by atoms with Gasteiger partial charge in [0.1, 0.15) is 17.3 Å². The Labute approximate surface area is 98.0 Å². The smallest absolute Gasteiger partial charge is 0.148 e. The molecular weight excluding hydrogens is 234 g/mol. The second-order valence-electron chi connectivity index (χ2n) is 3.12. The lowest BCUT2D eigenvalue weighted by molar-refractivity contribution is 0.122. The van der Waals surface area contributed by atoms with Gasteiger partial charge in [-0.05, 0) is 6.26 Å². The third-order valence-corrected chi connectivity index (χ3v) is 3.44. The standard InChI is InChI=1S/C9H12ClN3OS/c1-15-7-8(10)11-6-12-9(7)13-2-4-14-5-3-13/h6H,2-5H2,1H3. The molecule has 0 bridgehead atoms. The highest BCUT2D eigenvalue weighted by atomic mass is 35.5. The predicted octanol–water partition coefficient (Wildman–Crippen LogP) is 1.69. The van der Waals surface area contributed by atoms with Gasteiger partial charge >= 0.3 is 0 Å². The van der Waals surface area contributed by atoms with Gasteiger partial charge in [-0.2, -0.15) is 0 Å². The van der Waals surface area contributed by atoms with Crippen molar-refractivity contribution >= 4 is 29.2 Å². The molecule has 0 aromatic carbocycles. The van der Waals surface area contributed by atoms with Crippen molar-refractivity contribution in [2.24, 2.45) is 0 Å². The van der Waals surface area contributed by atoms with Crippen LogP contribution < -0.4 is 4.90 Å². The number of ether oxygens (including phenoxy) is 1. The van der Waals surface area contributed by atoms with Crippen LogP contribution in [0.2, 0.25) is 5.15 Å². The molecule has 82 valence electrons. The molecule has 1 fully saturated rings. The first-order chi connectivity index (χ1) is 7.33. The van der Waals surface area contributed by atoms with Gasteiger partial charge in [0, 0.05) is 13.1 Å². The first-order valence-corrected chi connectivity index (χ1v) is 6.30. The maximum absolute atomic E-state index is 6.02. The Bertz CT molecular complexity index is 344. The fourth-order valence-electron chi connectivity index (χ4n) is 1.52. The lowest BCUT2D eigenvalue weighted by Gasteiger charge is -2.28. The van der Waals surface area contributed by atoms with E-state index in [4.69, 9.17) is 16.3 Å². The summed E-state index contributed by atoms with van der Waals surface area (Å²) in [6, 6.07) is 0. The molecule has 0 radical (unpaired) electrons. The SMILES string of the molecule is CSc1c(Cl)ncnc1N1CCOCC1. The number of hydrogen-bond acceptors (Lipinski definition) is 5. The van der Waals surface area contributed by atoms with Crippen molar-refractivity contribution in [2.75, 3.05) is 37.5 Å². The molecule has 0 spiro atoms. The van der Waals surface area contributed by atoms with Crippen LogP contribution in [0.5, 0.6) is 0 Å². The minimum atomic E-state index is 0.527. The highest BCUT2D eigenvalue weighted by molar-refractivity contribution is 7.98.